The van der Waals surface area contributed by atoms with Gasteiger partial charge in [0.25, 0.3) is 0 Å². The van der Waals surface area contributed by atoms with E-state index < -0.39 is 10.0 Å². The maximum atomic E-state index is 13.0. The second-order valence-electron chi connectivity index (χ2n) is 5.61. The number of nitrogens with zero attached hydrogens (tertiary/aromatic N) is 5. The quantitative estimate of drug-likeness (QED) is 0.693. The highest BCUT2D eigenvalue weighted by molar-refractivity contribution is 7.89. The molecule has 0 fully saturated rings. The van der Waals surface area contributed by atoms with Gasteiger partial charge in [0, 0.05) is 31.4 Å². The van der Waals surface area contributed by atoms with Crippen molar-refractivity contribution in [1.29, 1.82) is 0 Å². The Kier molecular flexibility index (Phi) is 4.41. The maximum absolute atomic E-state index is 13.0. The van der Waals surface area contributed by atoms with Crippen LogP contribution in [0.25, 0.3) is 11.0 Å². The van der Waals surface area contributed by atoms with Gasteiger partial charge in [-0.15, -0.1) is 0 Å². The molecule has 0 unspecified atom stereocenters. The number of aryl methyl sites for hydroxylation is 2. The lowest BCUT2D eigenvalue weighted by Gasteiger charge is -2.17. The van der Waals surface area contributed by atoms with E-state index in [2.05, 4.69) is 13.8 Å². The number of aromatic nitrogens is 4. The number of fused-ring (bicyclic) bond motifs is 1. The molecule has 1 aromatic carbocycles. The highest BCUT2D eigenvalue weighted by atomic mass is 32.2. The lowest BCUT2D eigenvalue weighted by Crippen LogP contribution is -2.27. The highest BCUT2D eigenvalue weighted by Crippen LogP contribution is 2.25. The fourth-order valence-electron chi connectivity index (χ4n) is 2.74. The van der Waals surface area contributed by atoms with Gasteiger partial charge < -0.3 is 0 Å². The van der Waals surface area contributed by atoms with Crippen molar-refractivity contribution in [2.75, 3.05) is 7.05 Å². The average molecular weight is 365 g/mol. The van der Waals surface area contributed by atoms with Crippen LogP contribution in [-0.2, 0) is 23.1 Å². The largest absolute Gasteiger partial charge is 0.270 e. The zero-order valence-corrected chi connectivity index (χ0v) is 15.6. The van der Waals surface area contributed by atoms with Crippen LogP contribution in [-0.4, -0.2) is 38.3 Å². The molecule has 0 amide bonds. The van der Waals surface area contributed by atoms with E-state index in [1.54, 1.807) is 25.2 Å². The molecule has 0 N–H and O–H groups in total. The number of sulfonamides is 1. The summed E-state index contributed by atoms with van der Waals surface area (Å²) in [6, 6.07) is 5.03. The lowest BCUT2D eigenvalue weighted by molar-refractivity contribution is 0.465. The van der Waals surface area contributed by atoms with Crippen LogP contribution in [0.4, 0.5) is 0 Å². The maximum Gasteiger partial charge on any atom is 0.245 e. The van der Waals surface area contributed by atoms with E-state index in [9.17, 15) is 8.42 Å². The van der Waals surface area contributed by atoms with Crippen LogP contribution in [0.15, 0.2) is 23.1 Å². The van der Waals surface area contributed by atoms with Crippen molar-refractivity contribution < 1.29 is 8.42 Å². The standard InChI is InChI=1S/C15H19N5O2S2/c1-5-20-11(3)12(10(2)16-20)9-19(4)24(21,22)14-8-6-7-13-15(14)18-23-17-13/h6-8H,5,9H2,1-4H3. The van der Waals surface area contributed by atoms with Gasteiger partial charge in [0.05, 0.1) is 17.4 Å². The Labute approximate surface area is 145 Å². The second kappa shape index (κ2) is 6.23. The van der Waals surface area contributed by atoms with Crippen LogP contribution < -0.4 is 0 Å². The summed E-state index contributed by atoms with van der Waals surface area (Å²) in [4.78, 5) is 0.189. The lowest BCUT2D eigenvalue weighted by atomic mass is 10.2. The third-order valence-corrected chi connectivity index (χ3v) is 6.53. The molecule has 0 radical (unpaired) electrons. The topological polar surface area (TPSA) is 81.0 Å². The monoisotopic (exact) mass is 365 g/mol. The molecule has 24 heavy (non-hydrogen) atoms. The van der Waals surface area contributed by atoms with Crippen molar-refractivity contribution in [2.45, 2.75) is 38.8 Å². The molecule has 2 aromatic heterocycles. The molecule has 2 heterocycles. The first kappa shape index (κ1) is 17.0. The van der Waals surface area contributed by atoms with Crippen LogP contribution in [0, 0.1) is 13.8 Å². The van der Waals surface area contributed by atoms with Gasteiger partial charge in [-0.2, -0.15) is 18.2 Å². The molecule has 9 heteroatoms. The van der Waals surface area contributed by atoms with E-state index in [1.165, 1.54) is 4.31 Å². The first-order valence-electron chi connectivity index (χ1n) is 7.56. The predicted octanol–water partition coefficient (Wildman–Crippen LogP) is 2.35. The summed E-state index contributed by atoms with van der Waals surface area (Å²) < 4.78 is 37.4. The fourth-order valence-corrected chi connectivity index (χ4v) is 4.62. The number of hydrogen-bond acceptors (Lipinski definition) is 6. The van der Waals surface area contributed by atoms with Crippen molar-refractivity contribution in [3.8, 4) is 0 Å². The Morgan fingerprint density at radius 2 is 2.00 bits per heavy atom. The molecule has 0 aliphatic heterocycles. The van der Waals surface area contributed by atoms with E-state index in [4.69, 9.17) is 0 Å². The molecule has 0 atom stereocenters. The molecule has 0 spiro atoms. The van der Waals surface area contributed by atoms with E-state index in [-0.39, 0.29) is 11.4 Å². The number of rotatable bonds is 5. The molecule has 7 nitrogen and oxygen atoms in total. The normalized spacial score (nSPS) is 12.4. The minimum absolute atomic E-state index is 0.189. The number of benzene rings is 1. The molecule has 3 aromatic rings. The predicted molar refractivity (Wildman–Crippen MR) is 93.4 cm³/mol. The van der Waals surface area contributed by atoms with Gasteiger partial charge >= 0.3 is 0 Å². The molecular formula is C15H19N5O2S2. The Morgan fingerprint density at radius 3 is 2.67 bits per heavy atom. The van der Waals surface area contributed by atoms with Crippen molar-refractivity contribution >= 4 is 32.8 Å². The SMILES string of the molecule is CCn1nc(C)c(CN(C)S(=O)(=O)c2cccc3nsnc23)c1C. The van der Waals surface area contributed by atoms with Crippen molar-refractivity contribution in [3.05, 3.63) is 35.2 Å². The molecule has 0 bridgehead atoms. The van der Waals surface area contributed by atoms with Crippen LogP contribution in [0.2, 0.25) is 0 Å². The van der Waals surface area contributed by atoms with E-state index in [0.717, 1.165) is 35.2 Å². The molecule has 0 saturated carbocycles. The summed E-state index contributed by atoms with van der Waals surface area (Å²) in [5.41, 5.74) is 3.80. The van der Waals surface area contributed by atoms with Crippen molar-refractivity contribution in [1.82, 2.24) is 22.8 Å². The zero-order chi connectivity index (χ0) is 17.5. The summed E-state index contributed by atoms with van der Waals surface area (Å²) in [5, 5.41) is 4.45. The summed E-state index contributed by atoms with van der Waals surface area (Å²) in [6.07, 6.45) is 0. The molecule has 0 aliphatic carbocycles. The van der Waals surface area contributed by atoms with Gasteiger partial charge in [-0.05, 0) is 32.9 Å². The van der Waals surface area contributed by atoms with Gasteiger partial charge in [-0.1, -0.05) is 6.07 Å². The molecule has 3 rings (SSSR count). The summed E-state index contributed by atoms with van der Waals surface area (Å²) in [6.45, 7) is 6.91. The Morgan fingerprint density at radius 1 is 1.25 bits per heavy atom. The molecular weight excluding hydrogens is 346 g/mol. The molecule has 0 saturated heterocycles. The third-order valence-electron chi connectivity index (χ3n) is 4.15. The first-order valence-corrected chi connectivity index (χ1v) is 9.73. The van der Waals surface area contributed by atoms with Crippen molar-refractivity contribution in [3.63, 3.8) is 0 Å². The van der Waals surface area contributed by atoms with Gasteiger partial charge in [-0.25, -0.2) is 8.42 Å². The van der Waals surface area contributed by atoms with Crippen LogP contribution in [0.1, 0.15) is 23.9 Å². The van der Waals surface area contributed by atoms with E-state index in [0.29, 0.717) is 11.0 Å². The van der Waals surface area contributed by atoms with Gasteiger partial charge in [-0.3, -0.25) is 4.68 Å². The van der Waals surface area contributed by atoms with Crippen molar-refractivity contribution in [2.24, 2.45) is 0 Å². The Bertz CT molecular complexity index is 991. The Hall–Kier alpha value is -1.84. The van der Waals surface area contributed by atoms with Gasteiger partial charge in [0.2, 0.25) is 10.0 Å². The first-order chi connectivity index (χ1) is 11.4. The van der Waals surface area contributed by atoms with E-state index >= 15 is 0 Å². The minimum Gasteiger partial charge on any atom is -0.270 e. The highest BCUT2D eigenvalue weighted by Gasteiger charge is 2.26. The van der Waals surface area contributed by atoms with Crippen LogP contribution in [0.5, 0.6) is 0 Å². The van der Waals surface area contributed by atoms with Gasteiger partial charge in [0.15, 0.2) is 0 Å². The summed E-state index contributed by atoms with van der Waals surface area (Å²) in [5.74, 6) is 0. The van der Waals surface area contributed by atoms with E-state index in [1.807, 2.05) is 25.5 Å². The summed E-state index contributed by atoms with van der Waals surface area (Å²) >= 11 is 1.01. The zero-order valence-electron chi connectivity index (χ0n) is 14.0. The fraction of sp³-hybridized carbons (Fsp3) is 0.400. The third kappa shape index (κ3) is 2.72. The second-order valence-corrected chi connectivity index (χ2v) is 8.16. The molecule has 128 valence electrons. The average Bonchev–Trinajstić information content (AvgIpc) is 3.13. The smallest absolute Gasteiger partial charge is 0.245 e. The number of hydrogen-bond donors (Lipinski definition) is 0. The van der Waals surface area contributed by atoms with Crippen LogP contribution in [0.3, 0.4) is 0 Å². The minimum atomic E-state index is -3.66. The van der Waals surface area contributed by atoms with Gasteiger partial charge in [0.1, 0.15) is 15.9 Å². The molecule has 0 aliphatic rings. The summed E-state index contributed by atoms with van der Waals surface area (Å²) in [7, 11) is -2.08. The van der Waals surface area contributed by atoms with Crippen LogP contribution >= 0.6 is 11.7 Å². The Balaban J connectivity index is 1.99.